The average molecular weight is 158 g/mol. The zero-order chi connectivity index (χ0) is 6.78. The van der Waals surface area contributed by atoms with Gasteiger partial charge in [-0.25, -0.2) is 4.57 Å². The van der Waals surface area contributed by atoms with Crippen molar-refractivity contribution in [1.82, 2.24) is 0 Å². The third-order valence-electron chi connectivity index (χ3n) is 0.218. The third-order valence-corrected chi connectivity index (χ3v) is 0.861. The fraction of sp³-hybridized carbons (Fsp3) is 0. The summed E-state index contributed by atoms with van der Waals surface area (Å²) in [5.41, 5.74) is 0. The van der Waals surface area contributed by atoms with Crippen LogP contribution in [0.4, 0.5) is 0 Å². The van der Waals surface area contributed by atoms with Crippen molar-refractivity contribution in [3.63, 3.8) is 0 Å². The third kappa shape index (κ3) is 5.98. The minimum Gasteiger partial charge on any atom is -0.393 e. The summed E-state index contributed by atoms with van der Waals surface area (Å²) in [5, 5.41) is -0.515. The SMILES string of the molecule is C=C(Cl)OP(=O)(O)O. The van der Waals surface area contributed by atoms with Crippen molar-refractivity contribution >= 4 is 19.4 Å². The van der Waals surface area contributed by atoms with E-state index in [9.17, 15) is 4.57 Å². The van der Waals surface area contributed by atoms with Gasteiger partial charge in [0.1, 0.15) is 0 Å². The zero-order valence-electron chi connectivity index (χ0n) is 3.74. The Morgan fingerprint density at radius 2 is 2.12 bits per heavy atom. The predicted molar refractivity (Wildman–Crippen MR) is 28.1 cm³/mol. The second kappa shape index (κ2) is 2.51. The van der Waals surface area contributed by atoms with E-state index in [4.69, 9.17) is 21.4 Å². The maximum absolute atomic E-state index is 9.77. The summed E-state index contributed by atoms with van der Waals surface area (Å²) in [4.78, 5) is 15.9. The largest absolute Gasteiger partial charge is 0.525 e. The van der Waals surface area contributed by atoms with Crippen LogP contribution in [-0.2, 0) is 9.09 Å². The Balaban J connectivity index is 3.74. The molecule has 8 heavy (non-hydrogen) atoms. The van der Waals surface area contributed by atoms with Gasteiger partial charge in [-0.3, -0.25) is 9.79 Å². The van der Waals surface area contributed by atoms with Gasteiger partial charge in [-0.15, -0.1) is 0 Å². The number of hydrogen-bond acceptors (Lipinski definition) is 2. The number of hydrogen-bond donors (Lipinski definition) is 2. The summed E-state index contributed by atoms with van der Waals surface area (Å²) in [6.07, 6.45) is 0. The summed E-state index contributed by atoms with van der Waals surface area (Å²) in [6, 6.07) is 0. The predicted octanol–water partition coefficient (Wildman–Crippen LogP) is 0.806. The second-order valence-electron chi connectivity index (χ2n) is 0.937. The number of phosphoric ester groups is 1. The molecule has 0 saturated carbocycles. The molecule has 0 amide bonds. The highest BCUT2D eigenvalue weighted by atomic mass is 35.5. The van der Waals surface area contributed by atoms with E-state index >= 15 is 0 Å². The van der Waals surface area contributed by atoms with E-state index in [-0.39, 0.29) is 0 Å². The molecule has 0 fully saturated rings. The summed E-state index contributed by atoms with van der Waals surface area (Å²) in [5.74, 6) is 0. The van der Waals surface area contributed by atoms with Crippen LogP contribution in [0.25, 0.3) is 0 Å². The highest BCUT2D eigenvalue weighted by molar-refractivity contribution is 7.46. The molecule has 6 heteroatoms. The minimum atomic E-state index is -4.45. The van der Waals surface area contributed by atoms with Gasteiger partial charge in [0, 0.05) is 0 Å². The molecule has 0 bridgehead atoms. The van der Waals surface area contributed by atoms with Crippen LogP contribution in [-0.4, -0.2) is 9.79 Å². The maximum atomic E-state index is 9.77. The molecule has 0 saturated heterocycles. The van der Waals surface area contributed by atoms with Gasteiger partial charge >= 0.3 is 7.82 Å². The summed E-state index contributed by atoms with van der Waals surface area (Å²) in [6.45, 7) is 2.89. The smallest absolute Gasteiger partial charge is 0.393 e. The molecule has 48 valence electrons. The van der Waals surface area contributed by atoms with Crippen molar-refractivity contribution in [2.24, 2.45) is 0 Å². The fourth-order valence-electron chi connectivity index (χ4n) is 0.129. The molecule has 0 atom stereocenters. The van der Waals surface area contributed by atoms with Crippen molar-refractivity contribution in [3.8, 4) is 0 Å². The lowest BCUT2D eigenvalue weighted by molar-refractivity contribution is 0.253. The first-order chi connectivity index (χ1) is 3.42. The van der Waals surface area contributed by atoms with Crippen LogP contribution in [0.1, 0.15) is 0 Å². The standard InChI is InChI=1S/C2H4ClO4P/c1-2(3)7-8(4,5)6/h1H2,(H2,4,5,6). The van der Waals surface area contributed by atoms with Crippen molar-refractivity contribution in [2.75, 3.05) is 0 Å². The van der Waals surface area contributed by atoms with Crippen LogP contribution in [0.2, 0.25) is 0 Å². The number of rotatable bonds is 2. The monoisotopic (exact) mass is 158 g/mol. The van der Waals surface area contributed by atoms with Gasteiger partial charge in [0.15, 0.2) is 5.22 Å². The molecule has 0 aromatic rings. The molecule has 0 aromatic carbocycles. The lowest BCUT2D eigenvalue weighted by Gasteiger charge is -2.01. The van der Waals surface area contributed by atoms with Crippen LogP contribution in [0, 0.1) is 0 Å². The normalized spacial score (nSPS) is 10.9. The molecule has 0 rings (SSSR count). The fourth-order valence-corrected chi connectivity index (χ4v) is 0.657. The van der Waals surface area contributed by atoms with Gasteiger partial charge in [0.05, 0.1) is 0 Å². The molecular formula is C2H4ClO4P. The topological polar surface area (TPSA) is 66.8 Å². The van der Waals surface area contributed by atoms with Crippen LogP contribution in [0.3, 0.4) is 0 Å². The quantitative estimate of drug-likeness (QED) is 0.461. The van der Waals surface area contributed by atoms with Gasteiger partial charge in [0.2, 0.25) is 0 Å². The van der Waals surface area contributed by atoms with E-state index in [1.165, 1.54) is 0 Å². The molecule has 0 heterocycles. The van der Waals surface area contributed by atoms with Crippen LogP contribution >= 0.6 is 19.4 Å². The lowest BCUT2D eigenvalue weighted by atomic mass is 11.2. The van der Waals surface area contributed by atoms with E-state index in [0.29, 0.717) is 0 Å². The average Bonchev–Trinajstić information content (AvgIpc) is 1.21. The Morgan fingerprint density at radius 1 is 1.75 bits per heavy atom. The molecule has 0 aliphatic carbocycles. The van der Waals surface area contributed by atoms with Crippen LogP contribution in [0.15, 0.2) is 11.8 Å². The highest BCUT2D eigenvalue weighted by Crippen LogP contribution is 2.39. The van der Waals surface area contributed by atoms with Crippen molar-refractivity contribution in [2.45, 2.75) is 0 Å². The summed E-state index contributed by atoms with van der Waals surface area (Å²) < 4.78 is 13.4. The van der Waals surface area contributed by atoms with E-state index in [1.807, 2.05) is 0 Å². The highest BCUT2D eigenvalue weighted by Gasteiger charge is 2.14. The second-order valence-corrected chi connectivity index (χ2v) is 2.52. The Hall–Kier alpha value is -0.0200. The molecule has 4 nitrogen and oxygen atoms in total. The maximum Gasteiger partial charge on any atom is 0.525 e. The van der Waals surface area contributed by atoms with Gasteiger partial charge < -0.3 is 4.52 Å². The Bertz CT molecular complexity index is 137. The Kier molecular flexibility index (Phi) is 2.50. The molecule has 2 N–H and O–H groups in total. The van der Waals surface area contributed by atoms with Gasteiger partial charge in [-0.2, -0.15) is 0 Å². The number of halogens is 1. The lowest BCUT2D eigenvalue weighted by Crippen LogP contribution is -1.80. The van der Waals surface area contributed by atoms with E-state index < -0.39 is 13.0 Å². The van der Waals surface area contributed by atoms with Gasteiger partial charge in [-0.1, -0.05) is 0 Å². The van der Waals surface area contributed by atoms with Crippen LogP contribution in [0.5, 0.6) is 0 Å². The van der Waals surface area contributed by atoms with Gasteiger partial charge in [-0.05, 0) is 18.2 Å². The minimum absolute atomic E-state index is 0.515. The van der Waals surface area contributed by atoms with Crippen molar-refractivity contribution in [1.29, 1.82) is 0 Å². The number of phosphoric acid groups is 1. The molecule has 0 unspecified atom stereocenters. The van der Waals surface area contributed by atoms with Crippen molar-refractivity contribution in [3.05, 3.63) is 11.8 Å². The zero-order valence-corrected chi connectivity index (χ0v) is 5.39. The summed E-state index contributed by atoms with van der Waals surface area (Å²) >= 11 is 4.85. The van der Waals surface area contributed by atoms with Gasteiger partial charge in [0.25, 0.3) is 0 Å². The molecule has 0 radical (unpaired) electrons. The van der Waals surface area contributed by atoms with Crippen molar-refractivity contribution < 1.29 is 18.9 Å². The van der Waals surface area contributed by atoms with E-state index in [0.717, 1.165) is 0 Å². The Morgan fingerprint density at radius 3 is 2.12 bits per heavy atom. The molecule has 0 aliphatic rings. The van der Waals surface area contributed by atoms with Crippen LogP contribution < -0.4 is 0 Å². The molecule has 0 spiro atoms. The molecular weight excluding hydrogens is 154 g/mol. The molecule has 0 aromatic heterocycles. The first kappa shape index (κ1) is 7.98. The first-order valence-electron chi connectivity index (χ1n) is 1.51. The first-order valence-corrected chi connectivity index (χ1v) is 3.42. The van der Waals surface area contributed by atoms with E-state index in [2.05, 4.69) is 11.1 Å². The molecule has 0 aliphatic heterocycles. The van der Waals surface area contributed by atoms with E-state index in [1.54, 1.807) is 0 Å². The summed E-state index contributed by atoms with van der Waals surface area (Å²) in [7, 11) is -4.45. The Labute approximate surface area is 51.0 Å².